The summed E-state index contributed by atoms with van der Waals surface area (Å²) in [6.07, 6.45) is 1.55. The van der Waals surface area contributed by atoms with Gasteiger partial charge in [-0.05, 0) is 18.6 Å². The number of carbonyl (C=O) groups excluding carboxylic acids is 2. The third-order valence-corrected chi connectivity index (χ3v) is 2.27. The summed E-state index contributed by atoms with van der Waals surface area (Å²) in [4.78, 5) is 27.9. The lowest BCUT2D eigenvalue weighted by Crippen LogP contribution is -2.08. The molecule has 0 spiro atoms. The van der Waals surface area contributed by atoms with Crippen LogP contribution in [0.4, 0.5) is 0 Å². The van der Waals surface area contributed by atoms with Crippen molar-refractivity contribution in [2.75, 3.05) is 0 Å². The van der Waals surface area contributed by atoms with E-state index < -0.39 is 5.97 Å². The summed E-state index contributed by atoms with van der Waals surface area (Å²) in [6.45, 7) is 1.84. The first-order valence-electron chi connectivity index (χ1n) is 4.43. The van der Waals surface area contributed by atoms with Crippen LogP contribution in [0.3, 0.4) is 0 Å². The fourth-order valence-corrected chi connectivity index (χ4v) is 1.66. The van der Waals surface area contributed by atoms with Crippen molar-refractivity contribution >= 4 is 34.9 Å². The Hall–Kier alpha value is -1.88. The lowest BCUT2D eigenvalue weighted by Gasteiger charge is -1.99. The third-order valence-electron chi connectivity index (χ3n) is 2.07. The molecule has 0 bridgehead atoms. The molecule has 0 atom stereocenters. The van der Waals surface area contributed by atoms with E-state index in [1.807, 2.05) is 6.92 Å². The van der Waals surface area contributed by atoms with E-state index in [1.54, 1.807) is 6.07 Å². The topological polar surface area (TPSA) is 72.0 Å². The van der Waals surface area contributed by atoms with Crippen molar-refractivity contribution in [3.8, 4) is 5.75 Å². The molecule has 0 aromatic carbocycles. The van der Waals surface area contributed by atoms with Gasteiger partial charge in [0.2, 0.25) is 6.29 Å². The second-order valence-corrected chi connectivity index (χ2v) is 3.56. The molecular formula is C10H7ClN2O3. The predicted molar refractivity (Wildman–Crippen MR) is 57.5 cm³/mol. The van der Waals surface area contributed by atoms with E-state index in [1.165, 1.54) is 6.20 Å². The molecule has 0 unspecified atom stereocenters. The average molecular weight is 239 g/mol. The lowest BCUT2D eigenvalue weighted by atomic mass is 10.2. The molecule has 0 radical (unpaired) electrons. The highest BCUT2D eigenvalue weighted by Gasteiger charge is 2.12. The van der Waals surface area contributed by atoms with Gasteiger partial charge in [0.15, 0.2) is 5.75 Å². The molecule has 1 N–H and O–H groups in total. The molecule has 5 nitrogen and oxygen atoms in total. The van der Waals surface area contributed by atoms with Crippen molar-refractivity contribution in [1.29, 1.82) is 0 Å². The largest absolute Gasteiger partial charge is 0.417 e. The van der Waals surface area contributed by atoms with E-state index in [2.05, 4.69) is 9.97 Å². The number of nitrogens with zero attached hydrogens (tertiary/aromatic N) is 1. The van der Waals surface area contributed by atoms with Gasteiger partial charge < -0.3 is 9.72 Å². The number of carbonyl (C=O) groups is 2. The molecule has 0 amide bonds. The first kappa shape index (κ1) is 10.6. The maximum atomic E-state index is 10.8. The summed E-state index contributed by atoms with van der Waals surface area (Å²) >= 11 is 5.79. The Kier molecular flexibility index (Phi) is 2.62. The summed E-state index contributed by atoms with van der Waals surface area (Å²) < 4.78 is 4.77. The van der Waals surface area contributed by atoms with Crippen LogP contribution in [0.1, 0.15) is 5.56 Å². The first-order valence-corrected chi connectivity index (χ1v) is 4.81. The fourth-order valence-electron chi connectivity index (χ4n) is 1.41. The number of H-pyrrole nitrogens is 1. The molecule has 82 valence electrons. The van der Waals surface area contributed by atoms with Gasteiger partial charge in [-0.2, -0.15) is 0 Å². The molecule has 2 rings (SSSR count). The number of ether oxygens (including phenoxy) is 1. The average Bonchev–Trinajstić information content (AvgIpc) is 2.61. The minimum Gasteiger partial charge on any atom is -0.417 e. The van der Waals surface area contributed by atoms with Crippen LogP contribution in [0.25, 0.3) is 11.0 Å². The summed E-state index contributed by atoms with van der Waals surface area (Å²) in [5.74, 6) is -0.780. The second-order valence-electron chi connectivity index (χ2n) is 3.18. The molecule has 0 saturated carbocycles. The predicted octanol–water partition coefficient (Wildman–Crippen LogP) is 1.63. The standard InChI is InChI=1S/C10H7ClN2O3/c1-5-2-7(11)13-10-6(3-12-9(5)10)16-8(15)4-14/h2-4,12H,1H3. The van der Waals surface area contributed by atoms with Crippen LogP contribution >= 0.6 is 11.6 Å². The minimum absolute atomic E-state index is 0.0935. The van der Waals surface area contributed by atoms with Crippen LogP contribution in [0.5, 0.6) is 5.75 Å². The van der Waals surface area contributed by atoms with E-state index in [-0.39, 0.29) is 12.0 Å². The number of aryl methyl sites for hydroxylation is 1. The van der Waals surface area contributed by atoms with Gasteiger partial charge in [-0.1, -0.05) is 11.6 Å². The normalized spacial score (nSPS) is 10.4. The summed E-state index contributed by atoms with van der Waals surface area (Å²) in [5, 5.41) is 0.299. The van der Waals surface area contributed by atoms with E-state index in [0.29, 0.717) is 10.7 Å². The molecule has 0 aliphatic rings. The van der Waals surface area contributed by atoms with Gasteiger partial charge in [0, 0.05) is 6.20 Å². The molecule has 0 aliphatic heterocycles. The second kappa shape index (κ2) is 3.94. The minimum atomic E-state index is -0.972. The van der Waals surface area contributed by atoms with E-state index in [9.17, 15) is 9.59 Å². The molecular weight excluding hydrogens is 232 g/mol. The van der Waals surface area contributed by atoms with Gasteiger partial charge in [0.05, 0.1) is 5.52 Å². The maximum absolute atomic E-state index is 10.8. The van der Waals surface area contributed by atoms with E-state index in [4.69, 9.17) is 16.3 Å². The van der Waals surface area contributed by atoms with Crippen molar-refractivity contribution in [1.82, 2.24) is 9.97 Å². The summed E-state index contributed by atoms with van der Waals surface area (Å²) in [5.41, 5.74) is 2.03. The van der Waals surface area contributed by atoms with Crippen molar-refractivity contribution in [2.24, 2.45) is 0 Å². The Morgan fingerprint density at radius 2 is 2.38 bits per heavy atom. The highest BCUT2D eigenvalue weighted by molar-refractivity contribution is 6.30. The van der Waals surface area contributed by atoms with Crippen LogP contribution in [0, 0.1) is 6.92 Å². The molecule has 0 aliphatic carbocycles. The zero-order valence-electron chi connectivity index (χ0n) is 8.28. The van der Waals surface area contributed by atoms with Crippen LogP contribution in [-0.4, -0.2) is 22.2 Å². The van der Waals surface area contributed by atoms with Gasteiger partial charge in [0.1, 0.15) is 10.7 Å². The van der Waals surface area contributed by atoms with E-state index in [0.717, 1.165) is 11.1 Å². The molecule has 6 heteroatoms. The molecule has 2 aromatic heterocycles. The number of hydrogen-bond donors (Lipinski definition) is 1. The Morgan fingerprint density at radius 3 is 3.06 bits per heavy atom. The van der Waals surface area contributed by atoms with Gasteiger partial charge in [0.25, 0.3) is 0 Å². The zero-order chi connectivity index (χ0) is 11.7. The van der Waals surface area contributed by atoms with Crippen LogP contribution in [-0.2, 0) is 9.59 Å². The Morgan fingerprint density at radius 1 is 1.62 bits per heavy atom. The number of halogens is 1. The monoisotopic (exact) mass is 238 g/mol. The van der Waals surface area contributed by atoms with Crippen molar-refractivity contribution in [2.45, 2.75) is 6.92 Å². The van der Waals surface area contributed by atoms with Gasteiger partial charge in [-0.15, -0.1) is 0 Å². The van der Waals surface area contributed by atoms with Gasteiger partial charge in [-0.25, -0.2) is 9.78 Å². The molecule has 0 saturated heterocycles. The quantitative estimate of drug-likeness (QED) is 0.374. The molecule has 16 heavy (non-hydrogen) atoms. The smallest absolute Gasteiger partial charge is 0.376 e. The highest BCUT2D eigenvalue weighted by atomic mass is 35.5. The SMILES string of the molecule is Cc1cc(Cl)nc2c(OC(=O)C=O)c[nH]c12. The first-order chi connectivity index (χ1) is 7.61. The number of aldehydes is 1. The van der Waals surface area contributed by atoms with Gasteiger partial charge >= 0.3 is 5.97 Å². The zero-order valence-corrected chi connectivity index (χ0v) is 9.04. The fraction of sp³-hybridized carbons (Fsp3) is 0.100. The third kappa shape index (κ3) is 1.77. The number of rotatable bonds is 2. The molecule has 2 aromatic rings. The maximum Gasteiger partial charge on any atom is 0.376 e. The summed E-state index contributed by atoms with van der Waals surface area (Å²) in [6, 6.07) is 1.69. The Balaban J connectivity index is 2.55. The highest BCUT2D eigenvalue weighted by Crippen LogP contribution is 2.27. The number of esters is 1. The number of nitrogens with one attached hydrogen (secondary N) is 1. The number of aromatic nitrogens is 2. The number of fused-ring (bicyclic) bond motifs is 1. The van der Waals surface area contributed by atoms with Crippen molar-refractivity contribution < 1.29 is 14.3 Å². The Bertz CT molecular complexity index is 577. The number of hydrogen-bond acceptors (Lipinski definition) is 4. The molecule has 0 fully saturated rings. The van der Waals surface area contributed by atoms with Crippen LogP contribution in [0.15, 0.2) is 12.3 Å². The lowest BCUT2D eigenvalue weighted by molar-refractivity contribution is -0.141. The van der Waals surface area contributed by atoms with Gasteiger partial charge in [-0.3, -0.25) is 4.79 Å². The molecule has 2 heterocycles. The van der Waals surface area contributed by atoms with E-state index >= 15 is 0 Å². The van der Waals surface area contributed by atoms with Crippen molar-refractivity contribution in [3.05, 3.63) is 23.0 Å². The number of aromatic amines is 1. The van der Waals surface area contributed by atoms with Crippen LogP contribution < -0.4 is 4.74 Å². The Labute approximate surface area is 95.4 Å². The summed E-state index contributed by atoms with van der Waals surface area (Å²) in [7, 11) is 0. The van der Waals surface area contributed by atoms with Crippen LogP contribution in [0.2, 0.25) is 5.15 Å². The number of pyridine rings is 1. The van der Waals surface area contributed by atoms with Crippen molar-refractivity contribution in [3.63, 3.8) is 0 Å².